The van der Waals surface area contributed by atoms with Crippen LogP contribution >= 0.6 is 0 Å². The molecular weight excluding hydrogens is 337 g/mol. The van der Waals surface area contributed by atoms with E-state index in [2.05, 4.69) is 10.4 Å². The van der Waals surface area contributed by atoms with Gasteiger partial charge < -0.3 is 14.8 Å². The first kappa shape index (κ1) is 18.5. The summed E-state index contributed by atoms with van der Waals surface area (Å²) in [6, 6.07) is 6.23. The molecule has 1 aliphatic heterocycles. The summed E-state index contributed by atoms with van der Waals surface area (Å²) in [5.41, 5.74) is 3.94. The first-order chi connectivity index (χ1) is 12.7. The number of halogens is 1. The van der Waals surface area contributed by atoms with E-state index in [9.17, 15) is 9.18 Å². The van der Waals surface area contributed by atoms with Crippen LogP contribution in [0.3, 0.4) is 0 Å². The first-order valence-electron chi connectivity index (χ1n) is 8.82. The fourth-order valence-corrected chi connectivity index (χ4v) is 3.11. The molecular formula is C19H24FN3O3. The van der Waals surface area contributed by atoms with Crippen molar-refractivity contribution in [2.24, 2.45) is 0 Å². The molecule has 6 nitrogen and oxygen atoms in total. The molecule has 0 aliphatic carbocycles. The highest BCUT2D eigenvalue weighted by Gasteiger charge is 2.21. The molecule has 1 aromatic carbocycles. The number of carbonyl (C=O) groups is 1. The molecule has 0 spiro atoms. The first-order valence-corrected chi connectivity index (χ1v) is 8.82. The number of fused-ring (bicyclic) bond motifs is 1. The monoisotopic (exact) mass is 361 g/mol. The highest BCUT2D eigenvalue weighted by Crippen LogP contribution is 2.22. The molecule has 0 bridgehead atoms. The average Bonchev–Trinajstić information content (AvgIpc) is 3.01. The predicted molar refractivity (Wildman–Crippen MR) is 94.0 cm³/mol. The van der Waals surface area contributed by atoms with Gasteiger partial charge in [-0.25, -0.2) is 4.39 Å². The number of carbonyl (C=O) groups excluding carboxylic acids is 1. The maximum atomic E-state index is 13.2. The number of methoxy groups -OCH3 is 1. The van der Waals surface area contributed by atoms with E-state index in [1.807, 2.05) is 4.68 Å². The minimum absolute atomic E-state index is 0.0776. The van der Waals surface area contributed by atoms with Gasteiger partial charge in [0.2, 0.25) is 5.91 Å². The van der Waals surface area contributed by atoms with Crippen LogP contribution in [0.1, 0.15) is 28.9 Å². The van der Waals surface area contributed by atoms with Crippen molar-refractivity contribution in [2.45, 2.75) is 39.0 Å². The van der Waals surface area contributed by atoms with Gasteiger partial charge in [-0.2, -0.15) is 5.10 Å². The molecule has 7 heteroatoms. The summed E-state index contributed by atoms with van der Waals surface area (Å²) >= 11 is 0. The van der Waals surface area contributed by atoms with Crippen LogP contribution in [-0.4, -0.2) is 36.0 Å². The van der Waals surface area contributed by atoms with E-state index in [0.29, 0.717) is 45.8 Å². The van der Waals surface area contributed by atoms with Crippen molar-refractivity contribution in [1.29, 1.82) is 0 Å². The van der Waals surface area contributed by atoms with Gasteiger partial charge in [-0.3, -0.25) is 9.48 Å². The van der Waals surface area contributed by atoms with Gasteiger partial charge in [0.25, 0.3) is 0 Å². The Balaban J connectivity index is 1.56. The van der Waals surface area contributed by atoms with Crippen LogP contribution in [0, 0.1) is 5.82 Å². The number of hydrogen-bond acceptors (Lipinski definition) is 4. The largest absolute Gasteiger partial charge is 0.383 e. The minimum Gasteiger partial charge on any atom is -0.383 e. The van der Waals surface area contributed by atoms with Gasteiger partial charge in [0, 0.05) is 44.2 Å². The number of aromatic nitrogens is 2. The van der Waals surface area contributed by atoms with E-state index in [4.69, 9.17) is 9.47 Å². The zero-order valence-corrected chi connectivity index (χ0v) is 15.0. The Kier molecular flexibility index (Phi) is 6.35. The molecule has 1 N–H and O–H groups in total. The highest BCUT2D eigenvalue weighted by atomic mass is 19.1. The molecule has 140 valence electrons. The smallest absolute Gasteiger partial charge is 0.220 e. The summed E-state index contributed by atoms with van der Waals surface area (Å²) in [7, 11) is 1.67. The maximum absolute atomic E-state index is 13.2. The van der Waals surface area contributed by atoms with Crippen molar-refractivity contribution in [2.75, 3.05) is 20.3 Å². The highest BCUT2D eigenvalue weighted by molar-refractivity contribution is 5.76. The summed E-state index contributed by atoms with van der Waals surface area (Å²) in [5, 5.41) is 7.48. The van der Waals surface area contributed by atoms with Crippen LogP contribution in [0.5, 0.6) is 0 Å². The second-order valence-electron chi connectivity index (χ2n) is 6.30. The number of amides is 1. The number of benzene rings is 1. The fraction of sp³-hybridized carbons (Fsp3) is 0.474. The van der Waals surface area contributed by atoms with Crippen LogP contribution in [0.2, 0.25) is 0 Å². The van der Waals surface area contributed by atoms with E-state index in [0.717, 1.165) is 23.2 Å². The second-order valence-corrected chi connectivity index (χ2v) is 6.30. The topological polar surface area (TPSA) is 65.4 Å². The average molecular weight is 361 g/mol. The van der Waals surface area contributed by atoms with E-state index in [-0.39, 0.29) is 11.7 Å². The lowest BCUT2D eigenvalue weighted by molar-refractivity contribution is -0.121. The third-order valence-corrected chi connectivity index (χ3v) is 4.45. The Morgan fingerprint density at radius 3 is 3.15 bits per heavy atom. The summed E-state index contributed by atoms with van der Waals surface area (Å²) in [4.78, 5) is 12.1. The number of hydrogen-bond donors (Lipinski definition) is 1. The van der Waals surface area contributed by atoms with Crippen LogP contribution in [0.4, 0.5) is 4.39 Å². The van der Waals surface area contributed by atoms with Crippen molar-refractivity contribution in [3.05, 3.63) is 52.6 Å². The summed E-state index contributed by atoms with van der Waals surface area (Å²) in [5.74, 6) is -0.379. The number of ether oxygens (including phenoxy) is 2. The van der Waals surface area contributed by atoms with Crippen molar-refractivity contribution in [3.8, 4) is 0 Å². The molecule has 3 rings (SSSR count). The number of rotatable bonds is 8. The Labute approximate surface area is 152 Å². The lowest BCUT2D eigenvalue weighted by Crippen LogP contribution is -2.23. The quantitative estimate of drug-likeness (QED) is 0.781. The molecule has 0 saturated carbocycles. The number of nitrogens with zero attached hydrogens (tertiary/aromatic N) is 2. The maximum Gasteiger partial charge on any atom is 0.220 e. The molecule has 0 saturated heterocycles. The molecule has 0 unspecified atom stereocenters. The van der Waals surface area contributed by atoms with Gasteiger partial charge in [-0.05, 0) is 17.7 Å². The van der Waals surface area contributed by atoms with Crippen molar-refractivity contribution in [3.63, 3.8) is 0 Å². The van der Waals surface area contributed by atoms with Gasteiger partial charge >= 0.3 is 0 Å². The molecule has 0 radical (unpaired) electrons. The van der Waals surface area contributed by atoms with Crippen LogP contribution in [-0.2, 0) is 46.8 Å². The van der Waals surface area contributed by atoms with E-state index in [1.165, 1.54) is 17.8 Å². The van der Waals surface area contributed by atoms with E-state index < -0.39 is 0 Å². The normalized spacial score (nSPS) is 13.5. The lowest BCUT2D eigenvalue weighted by Gasteiger charge is -2.15. The van der Waals surface area contributed by atoms with Gasteiger partial charge in [-0.1, -0.05) is 12.1 Å². The van der Waals surface area contributed by atoms with Crippen molar-refractivity contribution >= 4 is 5.91 Å². The third kappa shape index (κ3) is 4.68. The molecule has 1 aliphatic rings. The minimum atomic E-state index is -0.301. The second kappa shape index (κ2) is 8.91. The Morgan fingerprint density at radius 2 is 2.35 bits per heavy atom. The lowest BCUT2D eigenvalue weighted by atomic mass is 10.1. The van der Waals surface area contributed by atoms with Gasteiger partial charge in [0.15, 0.2) is 0 Å². The summed E-state index contributed by atoms with van der Waals surface area (Å²) in [6.07, 6.45) is 1.72. The van der Waals surface area contributed by atoms with E-state index in [1.54, 1.807) is 19.2 Å². The fourth-order valence-electron chi connectivity index (χ4n) is 3.11. The molecule has 2 aromatic rings. The molecule has 0 fully saturated rings. The van der Waals surface area contributed by atoms with Crippen molar-refractivity contribution < 1.29 is 18.7 Å². The molecule has 1 aromatic heterocycles. The SMILES string of the molecule is COCCn1nc(CCC(=O)NCc2cccc(F)c2)c2c1CCOC2. The zero-order chi connectivity index (χ0) is 18.4. The zero-order valence-electron chi connectivity index (χ0n) is 15.0. The summed E-state index contributed by atoms with van der Waals surface area (Å²) < 4.78 is 25.8. The standard InChI is InChI=1S/C19H24FN3O3/c1-25-10-8-23-18-7-9-26-13-16(18)17(22-23)5-6-19(24)21-12-14-3-2-4-15(20)11-14/h2-4,11H,5-10,12-13H2,1H3,(H,21,24). The van der Waals surface area contributed by atoms with Gasteiger partial charge in [-0.15, -0.1) is 0 Å². The Bertz CT molecular complexity index is 760. The van der Waals surface area contributed by atoms with Crippen LogP contribution in [0.25, 0.3) is 0 Å². The Morgan fingerprint density at radius 1 is 1.46 bits per heavy atom. The van der Waals surface area contributed by atoms with Crippen LogP contribution in [0.15, 0.2) is 24.3 Å². The van der Waals surface area contributed by atoms with Crippen molar-refractivity contribution in [1.82, 2.24) is 15.1 Å². The number of nitrogens with one attached hydrogen (secondary N) is 1. The van der Waals surface area contributed by atoms with E-state index >= 15 is 0 Å². The Hall–Kier alpha value is -2.25. The molecule has 0 atom stereocenters. The molecule has 1 amide bonds. The van der Waals surface area contributed by atoms with Gasteiger partial charge in [0.1, 0.15) is 5.82 Å². The number of aryl methyl sites for hydroxylation is 1. The predicted octanol–water partition coefficient (Wildman–Crippen LogP) is 1.99. The van der Waals surface area contributed by atoms with Crippen LogP contribution < -0.4 is 5.32 Å². The van der Waals surface area contributed by atoms with Gasteiger partial charge in [0.05, 0.1) is 32.1 Å². The third-order valence-electron chi connectivity index (χ3n) is 4.45. The molecule has 26 heavy (non-hydrogen) atoms. The molecule has 2 heterocycles. The summed E-state index contributed by atoms with van der Waals surface area (Å²) in [6.45, 7) is 2.86.